The normalized spacial score (nSPS) is 54.8. The Morgan fingerprint density at radius 2 is 1.92 bits per heavy atom. The lowest BCUT2D eigenvalue weighted by molar-refractivity contribution is -0.172. The average Bonchev–Trinajstić information content (AvgIpc) is 2.03. The summed E-state index contributed by atoms with van der Waals surface area (Å²) < 4.78 is 0. The van der Waals surface area contributed by atoms with Crippen molar-refractivity contribution in [3.05, 3.63) is 0 Å². The zero-order valence-corrected chi connectivity index (χ0v) is 7.07. The molecule has 5 atom stereocenters. The van der Waals surface area contributed by atoms with E-state index in [-0.39, 0.29) is 5.92 Å². The minimum atomic E-state index is -0.521. The van der Waals surface area contributed by atoms with Crippen molar-refractivity contribution < 1.29 is 9.90 Å². The Labute approximate surface area is 72.0 Å². The predicted molar refractivity (Wildman–Crippen MR) is 43.6 cm³/mol. The highest BCUT2D eigenvalue weighted by atomic mass is 16.4. The number of carbonyl (C=O) groups is 1. The Morgan fingerprint density at radius 3 is 2.33 bits per heavy atom. The van der Waals surface area contributed by atoms with E-state index in [1.165, 1.54) is 25.7 Å². The topological polar surface area (TPSA) is 37.3 Å². The largest absolute Gasteiger partial charge is 0.481 e. The van der Waals surface area contributed by atoms with Crippen LogP contribution in [0.3, 0.4) is 0 Å². The van der Waals surface area contributed by atoms with Crippen molar-refractivity contribution in [2.75, 3.05) is 0 Å². The molecule has 0 aromatic heterocycles. The van der Waals surface area contributed by atoms with Crippen LogP contribution in [0.1, 0.15) is 25.7 Å². The number of hydrogen-bond donors (Lipinski definition) is 1. The van der Waals surface area contributed by atoms with Crippen LogP contribution in [0.4, 0.5) is 0 Å². The Kier molecular flexibility index (Phi) is 1.18. The van der Waals surface area contributed by atoms with Gasteiger partial charge in [0.15, 0.2) is 0 Å². The average molecular weight is 166 g/mol. The van der Waals surface area contributed by atoms with Crippen LogP contribution in [0, 0.1) is 29.6 Å². The zero-order valence-electron chi connectivity index (χ0n) is 7.07. The molecule has 5 fully saturated rings. The highest BCUT2D eigenvalue weighted by Crippen LogP contribution is 2.62. The summed E-state index contributed by atoms with van der Waals surface area (Å²) in [5.41, 5.74) is 0. The number of carboxylic acid groups (broad SMARTS) is 1. The van der Waals surface area contributed by atoms with E-state index in [4.69, 9.17) is 5.11 Å². The van der Waals surface area contributed by atoms with E-state index >= 15 is 0 Å². The van der Waals surface area contributed by atoms with Crippen LogP contribution in [-0.4, -0.2) is 11.1 Å². The lowest BCUT2D eigenvalue weighted by atomic mass is 9.44. The lowest BCUT2D eigenvalue weighted by Crippen LogP contribution is -2.56. The van der Waals surface area contributed by atoms with Crippen molar-refractivity contribution >= 4 is 5.97 Å². The lowest BCUT2D eigenvalue weighted by Gasteiger charge is -2.60. The molecule has 12 heavy (non-hydrogen) atoms. The zero-order chi connectivity index (χ0) is 8.29. The van der Waals surface area contributed by atoms with Crippen LogP contribution in [0.5, 0.6) is 0 Å². The summed E-state index contributed by atoms with van der Waals surface area (Å²) in [4.78, 5) is 11.0. The van der Waals surface area contributed by atoms with E-state index < -0.39 is 5.97 Å². The first-order valence-corrected chi connectivity index (χ1v) is 5.00. The monoisotopic (exact) mass is 166 g/mol. The quantitative estimate of drug-likeness (QED) is 0.644. The molecule has 0 spiro atoms. The van der Waals surface area contributed by atoms with E-state index in [0.29, 0.717) is 11.8 Å². The van der Waals surface area contributed by atoms with Crippen LogP contribution >= 0.6 is 0 Å². The van der Waals surface area contributed by atoms with Crippen molar-refractivity contribution in [3.63, 3.8) is 0 Å². The molecule has 0 aromatic rings. The van der Waals surface area contributed by atoms with E-state index in [1.54, 1.807) is 0 Å². The Morgan fingerprint density at radius 1 is 1.08 bits per heavy atom. The minimum Gasteiger partial charge on any atom is -0.481 e. The summed E-state index contributed by atoms with van der Waals surface area (Å²) in [5.74, 6) is 2.35. The standard InChI is InChI=1S/C10H14O2/c11-10(12)9-5-1-2-7-6(3-5)4-8(7)9/h5-9H,1-4H2,(H,11,12). The molecule has 5 rings (SSSR count). The van der Waals surface area contributed by atoms with Crippen LogP contribution in [0.25, 0.3) is 0 Å². The van der Waals surface area contributed by atoms with Gasteiger partial charge >= 0.3 is 5.97 Å². The summed E-state index contributed by atoms with van der Waals surface area (Å²) >= 11 is 0. The van der Waals surface area contributed by atoms with E-state index in [0.717, 1.165) is 11.8 Å². The molecule has 1 N–H and O–H groups in total. The van der Waals surface area contributed by atoms with E-state index in [1.807, 2.05) is 0 Å². The van der Waals surface area contributed by atoms with Gasteiger partial charge < -0.3 is 5.11 Å². The summed E-state index contributed by atoms with van der Waals surface area (Å²) in [5, 5.41) is 9.06. The first-order chi connectivity index (χ1) is 5.77. The van der Waals surface area contributed by atoms with Crippen LogP contribution < -0.4 is 0 Å². The third-order valence-electron chi connectivity index (χ3n) is 4.46. The van der Waals surface area contributed by atoms with E-state index in [2.05, 4.69) is 0 Å². The number of aliphatic carboxylic acids is 1. The summed E-state index contributed by atoms with van der Waals surface area (Å²) in [6, 6.07) is 0. The fourth-order valence-electron chi connectivity index (χ4n) is 3.96. The minimum absolute atomic E-state index is 0.0359. The third kappa shape index (κ3) is 0.644. The molecule has 2 nitrogen and oxygen atoms in total. The van der Waals surface area contributed by atoms with Gasteiger partial charge in [-0.2, -0.15) is 0 Å². The molecule has 0 aliphatic heterocycles. The second-order valence-electron chi connectivity index (χ2n) is 4.76. The molecule has 0 aromatic carbocycles. The van der Waals surface area contributed by atoms with Crippen molar-refractivity contribution in [2.24, 2.45) is 29.6 Å². The van der Waals surface area contributed by atoms with Gasteiger partial charge in [-0.05, 0) is 49.4 Å². The smallest absolute Gasteiger partial charge is 0.307 e. The summed E-state index contributed by atoms with van der Waals surface area (Å²) in [6.45, 7) is 0. The maximum Gasteiger partial charge on any atom is 0.307 e. The molecule has 0 radical (unpaired) electrons. The molecule has 0 saturated heterocycles. The van der Waals surface area contributed by atoms with Gasteiger partial charge in [0.25, 0.3) is 0 Å². The number of fused-ring (bicyclic) bond motifs is 1. The first kappa shape index (κ1) is 6.93. The van der Waals surface area contributed by atoms with Crippen molar-refractivity contribution in [2.45, 2.75) is 25.7 Å². The third-order valence-corrected chi connectivity index (χ3v) is 4.46. The fourth-order valence-corrected chi connectivity index (χ4v) is 3.96. The summed E-state index contributed by atoms with van der Waals surface area (Å²) in [6.07, 6.45) is 4.95. The molecule has 5 unspecified atom stereocenters. The Balaban J connectivity index is 1.91. The Bertz CT molecular complexity index is 232. The molecule has 2 heteroatoms. The molecule has 0 heterocycles. The molecule has 5 aliphatic rings. The summed E-state index contributed by atoms with van der Waals surface area (Å²) in [7, 11) is 0. The van der Waals surface area contributed by atoms with Gasteiger partial charge in [-0.3, -0.25) is 4.79 Å². The Hall–Kier alpha value is -0.530. The maximum atomic E-state index is 11.0. The fraction of sp³-hybridized carbons (Fsp3) is 0.900. The molecule has 5 aliphatic carbocycles. The molecule has 5 saturated carbocycles. The van der Waals surface area contributed by atoms with Gasteiger partial charge in [-0.15, -0.1) is 0 Å². The van der Waals surface area contributed by atoms with Crippen LogP contribution in [-0.2, 0) is 4.79 Å². The molecular formula is C10H14O2. The SMILES string of the molecule is O=C(O)C1C2CCC3C(C2)CC31. The predicted octanol–water partition coefficient (Wildman–Crippen LogP) is 1.75. The van der Waals surface area contributed by atoms with Crippen molar-refractivity contribution in [1.29, 1.82) is 0 Å². The molecule has 66 valence electrons. The number of hydrogen-bond acceptors (Lipinski definition) is 1. The second kappa shape index (κ2) is 2.04. The highest BCUT2D eigenvalue weighted by Gasteiger charge is 2.58. The van der Waals surface area contributed by atoms with Gasteiger partial charge in [0.2, 0.25) is 0 Å². The van der Waals surface area contributed by atoms with Gasteiger partial charge in [0.05, 0.1) is 5.92 Å². The molecule has 4 bridgehead atoms. The second-order valence-corrected chi connectivity index (χ2v) is 4.76. The van der Waals surface area contributed by atoms with E-state index in [9.17, 15) is 4.79 Å². The van der Waals surface area contributed by atoms with Crippen LogP contribution in [0.2, 0.25) is 0 Å². The van der Waals surface area contributed by atoms with Crippen molar-refractivity contribution in [1.82, 2.24) is 0 Å². The van der Waals surface area contributed by atoms with Crippen molar-refractivity contribution in [3.8, 4) is 0 Å². The molecule has 0 amide bonds. The van der Waals surface area contributed by atoms with Gasteiger partial charge in [0.1, 0.15) is 0 Å². The van der Waals surface area contributed by atoms with Gasteiger partial charge in [-0.1, -0.05) is 0 Å². The number of rotatable bonds is 1. The van der Waals surface area contributed by atoms with Gasteiger partial charge in [-0.25, -0.2) is 0 Å². The highest BCUT2D eigenvalue weighted by molar-refractivity contribution is 5.71. The molecular weight excluding hydrogens is 152 g/mol. The number of carboxylic acids is 1. The maximum absolute atomic E-state index is 11.0. The van der Waals surface area contributed by atoms with Gasteiger partial charge in [0, 0.05) is 0 Å². The first-order valence-electron chi connectivity index (χ1n) is 5.00. The van der Waals surface area contributed by atoms with Crippen LogP contribution in [0.15, 0.2) is 0 Å².